The van der Waals surface area contributed by atoms with Crippen LogP contribution in [0.2, 0.25) is 0 Å². The van der Waals surface area contributed by atoms with E-state index in [1.165, 1.54) is 0 Å². The standard InChI is InChI=1S/C23H27N3O2/c1-3-26-12-10-24-22(26)16-25-11-4-5-20(15-25)23(27)19-7-6-18-14-21(28-2)9-8-17(18)13-19/h6-10,12-14,20H,3-5,11,15-16H2,1-2H3. The first-order valence-corrected chi connectivity index (χ1v) is 10.0. The second-order valence-electron chi connectivity index (χ2n) is 7.50. The zero-order chi connectivity index (χ0) is 19.5. The van der Waals surface area contributed by atoms with Crippen molar-refractivity contribution in [3.05, 3.63) is 60.2 Å². The molecule has 3 aromatic rings. The molecule has 146 valence electrons. The maximum Gasteiger partial charge on any atom is 0.167 e. The molecule has 1 aliphatic heterocycles. The van der Waals surface area contributed by atoms with Crippen molar-refractivity contribution in [3.8, 4) is 5.75 Å². The number of Topliss-reactive ketones (excluding diaryl/α,β-unsaturated/α-hetero) is 1. The van der Waals surface area contributed by atoms with Crippen molar-refractivity contribution in [2.75, 3.05) is 20.2 Å². The first-order valence-electron chi connectivity index (χ1n) is 10.0. The molecule has 1 unspecified atom stereocenters. The van der Waals surface area contributed by atoms with Gasteiger partial charge in [0.2, 0.25) is 0 Å². The summed E-state index contributed by atoms with van der Waals surface area (Å²) in [5.74, 6) is 2.21. The Hall–Kier alpha value is -2.66. The lowest BCUT2D eigenvalue weighted by molar-refractivity contribution is 0.0807. The van der Waals surface area contributed by atoms with Crippen LogP contribution in [-0.4, -0.2) is 40.4 Å². The van der Waals surface area contributed by atoms with E-state index in [1.807, 2.05) is 48.8 Å². The van der Waals surface area contributed by atoms with E-state index < -0.39 is 0 Å². The number of benzene rings is 2. The number of imidazole rings is 1. The molecule has 1 aliphatic rings. The van der Waals surface area contributed by atoms with Crippen LogP contribution in [0.1, 0.15) is 35.9 Å². The molecule has 0 amide bonds. The number of aromatic nitrogens is 2. The summed E-state index contributed by atoms with van der Waals surface area (Å²) in [5, 5.41) is 2.16. The van der Waals surface area contributed by atoms with Crippen LogP contribution in [0.4, 0.5) is 0 Å². The number of carbonyl (C=O) groups excluding carboxylic acids is 1. The molecule has 0 radical (unpaired) electrons. The number of ketones is 1. The summed E-state index contributed by atoms with van der Waals surface area (Å²) in [6.45, 7) is 5.69. The predicted molar refractivity (Wildman–Crippen MR) is 111 cm³/mol. The van der Waals surface area contributed by atoms with Crippen LogP contribution in [0, 0.1) is 5.92 Å². The molecule has 2 heterocycles. The SMILES string of the molecule is CCn1ccnc1CN1CCCC(C(=O)c2ccc3cc(OC)ccc3c2)C1. The topological polar surface area (TPSA) is 47.4 Å². The van der Waals surface area contributed by atoms with E-state index in [4.69, 9.17) is 4.74 Å². The number of ether oxygens (including phenoxy) is 1. The van der Waals surface area contributed by atoms with Crippen molar-refractivity contribution in [1.82, 2.24) is 14.5 Å². The number of fused-ring (bicyclic) bond motifs is 1. The number of aryl methyl sites for hydroxylation is 1. The average molecular weight is 377 g/mol. The molecule has 5 heteroatoms. The highest BCUT2D eigenvalue weighted by Gasteiger charge is 2.27. The van der Waals surface area contributed by atoms with E-state index in [2.05, 4.69) is 21.4 Å². The lowest BCUT2D eigenvalue weighted by Gasteiger charge is -2.31. The monoisotopic (exact) mass is 377 g/mol. The van der Waals surface area contributed by atoms with Crippen LogP contribution in [-0.2, 0) is 13.1 Å². The van der Waals surface area contributed by atoms with E-state index in [0.29, 0.717) is 0 Å². The zero-order valence-corrected chi connectivity index (χ0v) is 16.6. The number of rotatable bonds is 6. The molecule has 1 saturated heterocycles. The van der Waals surface area contributed by atoms with Crippen molar-refractivity contribution in [2.24, 2.45) is 5.92 Å². The molecule has 1 atom stereocenters. The number of methoxy groups -OCH3 is 1. The molecule has 28 heavy (non-hydrogen) atoms. The van der Waals surface area contributed by atoms with Crippen LogP contribution in [0.3, 0.4) is 0 Å². The molecule has 0 bridgehead atoms. The summed E-state index contributed by atoms with van der Waals surface area (Å²) >= 11 is 0. The minimum Gasteiger partial charge on any atom is -0.497 e. The number of carbonyl (C=O) groups is 1. The van der Waals surface area contributed by atoms with E-state index in [9.17, 15) is 4.79 Å². The summed E-state index contributed by atoms with van der Waals surface area (Å²) in [6, 6.07) is 11.9. The molecule has 0 N–H and O–H groups in total. The lowest BCUT2D eigenvalue weighted by atomic mass is 9.89. The highest BCUT2D eigenvalue weighted by atomic mass is 16.5. The number of likely N-dealkylation sites (tertiary alicyclic amines) is 1. The largest absolute Gasteiger partial charge is 0.497 e. The van der Waals surface area contributed by atoms with E-state index >= 15 is 0 Å². The fourth-order valence-electron chi connectivity index (χ4n) is 4.13. The van der Waals surface area contributed by atoms with Gasteiger partial charge in [0, 0.05) is 37.0 Å². The molecular formula is C23H27N3O2. The number of piperidine rings is 1. The molecule has 0 saturated carbocycles. The van der Waals surface area contributed by atoms with E-state index in [0.717, 1.165) is 66.9 Å². The van der Waals surface area contributed by atoms with Crippen molar-refractivity contribution < 1.29 is 9.53 Å². The molecule has 4 rings (SSSR count). The van der Waals surface area contributed by atoms with Crippen molar-refractivity contribution in [2.45, 2.75) is 32.9 Å². The summed E-state index contributed by atoms with van der Waals surface area (Å²) in [7, 11) is 1.67. The van der Waals surface area contributed by atoms with Gasteiger partial charge in [-0.15, -0.1) is 0 Å². The van der Waals surface area contributed by atoms with Crippen LogP contribution in [0.5, 0.6) is 5.75 Å². The Kier molecular flexibility index (Phi) is 5.44. The zero-order valence-electron chi connectivity index (χ0n) is 16.6. The van der Waals surface area contributed by atoms with Gasteiger partial charge in [-0.1, -0.05) is 18.2 Å². The number of nitrogens with zero attached hydrogens (tertiary/aromatic N) is 3. The maximum atomic E-state index is 13.2. The van der Waals surface area contributed by atoms with Crippen molar-refractivity contribution in [1.29, 1.82) is 0 Å². The fraction of sp³-hybridized carbons (Fsp3) is 0.391. The second-order valence-corrected chi connectivity index (χ2v) is 7.50. The van der Waals surface area contributed by atoms with Crippen LogP contribution in [0.15, 0.2) is 48.8 Å². The average Bonchev–Trinajstić information content (AvgIpc) is 3.19. The molecular weight excluding hydrogens is 350 g/mol. The van der Waals surface area contributed by atoms with Crippen LogP contribution in [0.25, 0.3) is 10.8 Å². The molecule has 2 aromatic carbocycles. The van der Waals surface area contributed by atoms with E-state index in [-0.39, 0.29) is 11.7 Å². The molecule has 1 fully saturated rings. The number of hydrogen-bond donors (Lipinski definition) is 0. The summed E-state index contributed by atoms with van der Waals surface area (Å²) in [6.07, 6.45) is 5.88. The Morgan fingerprint density at radius 1 is 1.21 bits per heavy atom. The Morgan fingerprint density at radius 2 is 2.04 bits per heavy atom. The number of hydrogen-bond acceptors (Lipinski definition) is 4. The second kappa shape index (κ2) is 8.15. The Morgan fingerprint density at radius 3 is 2.86 bits per heavy atom. The third-order valence-electron chi connectivity index (χ3n) is 5.72. The molecule has 1 aromatic heterocycles. The van der Waals surface area contributed by atoms with Gasteiger partial charge in [0.1, 0.15) is 11.6 Å². The molecule has 0 spiro atoms. The van der Waals surface area contributed by atoms with Gasteiger partial charge in [-0.3, -0.25) is 9.69 Å². The van der Waals surface area contributed by atoms with Gasteiger partial charge in [0.15, 0.2) is 5.78 Å². The van der Waals surface area contributed by atoms with Gasteiger partial charge in [0.05, 0.1) is 13.7 Å². The highest BCUT2D eigenvalue weighted by Crippen LogP contribution is 2.26. The summed E-state index contributed by atoms with van der Waals surface area (Å²) in [4.78, 5) is 20.0. The molecule has 0 aliphatic carbocycles. The summed E-state index contributed by atoms with van der Waals surface area (Å²) < 4.78 is 7.46. The van der Waals surface area contributed by atoms with Gasteiger partial charge < -0.3 is 9.30 Å². The lowest BCUT2D eigenvalue weighted by Crippen LogP contribution is -2.38. The minimum atomic E-state index is 0.0505. The van der Waals surface area contributed by atoms with Crippen LogP contribution < -0.4 is 4.74 Å². The van der Waals surface area contributed by atoms with Crippen molar-refractivity contribution >= 4 is 16.6 Å². The van der Waals surface area contributed by atoms with Gasteiger partial charge in [0.25, 0.3) is 0 Å². The van der Waals surface area contributed by atoms with E-state index in [1.54, 1.807) is 7.11 Å². The Bertz CT molecular complexity index is 979. The third-order valence-corrected chi connectivity index (χ3v) is 5.72. The van der Waals surface area contributed by atoms with Gasteiger partial charge in [-0.05, 0) is 55.3 Å². The molecule has 5 nitrogen and oxygen atoms in total. The van der Waals surface area contributed by atoms with Crippen LogP contribution >= 0.6 is 0 Å². The van der Waals surface area contributed by atoms with Gasteiger partial charge in [-0.25, -0.2) is 4.98 Å². The maximum absolute atomic E-state index is 13.2. The first kappa shape index (κ1) is 18.7. The minimum absolute atomic E-state index is 0.0505. The Balaban J connectivity index is 1.48. The highest BCUT2D eigenvalue weighted by molar-refractivity contribution is 6.01. The smallest absolute Gasteiger partial charge is 0.167 e. The van der Waals surface area contributed by atoms with Gasteiger partial charge in [-0.2, -0.15) is 0 Å². The fourth-order valence-corrected chi connectivity index (χ4v) is 4.13. The van der Waals surface area contributed by atoms with Gasteiger partial charge >= 0.3 is 0 Å². The third kappa shape index (κ3) is 3.80. The predicted octanol–water partition coefficient (Wildman–Crippen LogP) is 4.16. The van der Waals surface area contributed by atoms with Crippen molar-refractivity contribution in [3.63, 3.8) is 0 Å². The summed E-state index contributed by atoms with van der Waals surface area (Å²) in [5.41, 5.74) is 0.805. The quantitative estimate of drug-likeness (QED) is 0.605. The Labute approximate surface area is 165 Å². The normalized spacial score (nSPS) is 17.7. The first-order chi connectivity index (χ1) is 13.7.